The van der Waals surface area contributed by atoms with E-state index in [1.807, 2.05) is 0 Å². The van der Waals surface area contributed by atoms with E-state index in [2.05, 4.69) is 0 Å². The van der Waals surface area contributed by atoms with E-state index >= 15 is 0 Å². The van der Waals surface area contributed by atoms with E-state index in [0.29, 0.717) is 9.92 Å². The average Bonchev–Trinajstić information content (AvgIpc) is 1.88. The zero-order valence-corrected chi connectivity index (χ0v) is 7.52. The van der Waals surface area contributed by atoms with Gasteiger partial charge in [0.15, 0.2) is 11.1 Å². The Morgan fingerprint density at radius 2 is 2.18 bits per heavy atom. The Balaban J connectivity index is 0. The maximum Gasteiger partial charge on any atom is 1.00 e. The molecule has 1 aromatic rings. The van der Waals surface area contributed by atoms with Gasteiger partial charge in [-0.2, -0.15) is 0 Å². The molecular formula is C6H6ClLiO2S. The summed E-state index contributed by atoms with van der Waals surface area (Å²) in [6.07, 6.45) is 0. The first-order valence-corrected chi connectivity index (χ1v) is 4.05. The summed E-state index contributed by atoms with van der Waals surface area (Å²) >= 11 is 3.62. The van der Waals surface area contributed by atoms with E-state index in [1.165, 1.54) is 6.07 Å². The van der Waals surface area contributed by atoms with E-state index in [-0.39, 0.29) is 20.3 Å². The van der Waals surface area contributed by atoms with Gasteiger partial charge in [-0.3, -0.25) is 0 Å². The molecule has 1 N–H and O–H groups in total. The Kier molecular flexibility index (Phi) is 5.07. The minimum atomic E-state index is -1.92. The SMILES string of the molecule is O=S(O)c1cccc(Cl)c1.[H-].[Li+]. The van der Waals surface area contributed by atoms with Crippen LogP contribution in [0, 0.1) is 0 Å². The fourth-order valence-corrected chi connectivity index (χ4v) is 1.25. The molecule has 1 rings (SSSR count). The first-order valence-electron chi connectivity index (χ1n) is 2.56. The first-order chi connectivity index (χ1) is 4.70. The quantitative estimate of drug-likeness (QED) is 0.451. The third-order valence-corrected chi connectivity index (χ3v) is 1.89. The summed E-state index contributed by atoms with van der Waals surface area (Å²) < 4.78 is 19.0. The van der Waals surface area contributed by atoms with Gasteiger partial charge in [0, 0.05) is 5.02 Å². The molecule has 1 aromatic carbocycles. The van der Waals surface area contributed by atoms with Gasteiger partial charge in [0.2, 0.25) is 0 Å². The van der Waals surface area contributed by atoms with Crippen LogP contribution < -0.4 is 18.9 Å². The summed E-state index contributed by atoms with van der Waals surface area (Å²) in [5.41, 5.74) is 0. The smallest absolute Gasteiger partial charge is 1.00 e. The van der Waals surface area contributed by atoms with Gasteiger partial charge >= 0.3 is 18.9 Å². The van der Waals surface area contributed by atoms with E-state index in [9.17, 15) is 4.21 Å². The van der Waals surface area contributed by atoms with Crippen molar-refractivity contribution in [2.75, 3.05) is 0 Å². The second kappa shape index (κ2) is 4.97. The Morgan fingerprint density at radius 3 is 2.55 bits per heavy atom. The summed E-state index contributed by atoms with van der Waals surface area (Å²) in [6.45, 7) is 0. The molecule has 0 radical (unpaired) electrons. The molecule has 11 heavy (non-hydrogen) atoms. The van der Waals surface area contributed by atoms with Gasteiger partial charge < -0.3 is 5.98 Å². The molecule has 0 saturated carbocycles. The van der Waals surface area contributed by atoms with Crippen molar-refractivity contribution in [1.82, 2.24) is 0 Å². The van der Waals surface area contributed by atoms with E-state index in [0.717, 1.165) is 0 Å². The molecule has 1 unspecified atom stereocenters. The number of rotatable bonds is 1. The van der Waals surface area contributed by atoms with Crippen LogP contribution in [0.4, 0.5) is 0 Å². The molecule has 2 nitrogen and oxygen atoms in total. The zero-order chi connectivity index (χ0) is 7.56. The molecule has 56 valence electrons. The third-order valence-electron chi connectivity index (χ3n) is 0.998. The van der Waals surface area contributed by atoms with Crippen LogP contribution in [0.2, 0.25) is 5.02 Å². The van der Waals surface area contributed by atoms with Gasteiger partial charge in [-0.1, -0.05) is 17.7 Å². The molecule has 0 fully saturated rings. The van der Waals surface area contributed by atoms with Gasteiger partial charge in [0.05, 0.1) is 4.90 Å². The largest absolute Gasteiger partial charge is 1.00 e. The molecule has 0 bridgehead atoms. The van der Waals surface area contributed by atoms with E-state index < -0.39 is 11.1 Å². The van der Waals surface area contributed by atoms with Crippen molar-refractivity contribution in [2.24, 2.45) is 0 Å². The summed E-state index contributed by atoms with van der Waals surface area (Å²) in [7, 11) is 0. The molecule has 0 heterocycles. The molecule has 0 aliphatic carbocycles. The van der Waals surface area contributed by atoms with Crippen molar-refractivity contribution < 1.29 is 29.0 Å². The van der Waals surface area contributed by atoms with E-state index in [4.69, 9.17) is 16.2 Å². The van der Waals surface area contributed by atoms with Crippen LogP contribution >= 0.6 is 11.6 Å². The van der Waals surface area contributed by atoms with Crippen LogP contribution in [-0.2, 0) is 11.1 Å². The second-order valence-electron chi connectivity index (χ2n) is 1.71. The Hall–Kier alpha value is 0.217. The summed E-state index contributed by atoms with van der Waals surface area (Å²) in [5.74, 6) is 0. The normalized spacial score (nSPS) is 11.8. The minimum Gasteiger partial charge on any atom is -1.00 e. The average molecular weight is 185 g/mol. The molecule has 0 aromatic heterocycles. The molecule has 0 spiro atoms. The van der Waals surface area contributed by atoms with Crippen LogP contribution in [0.25, 0.3) is 0 Å². The molecule has 0 aliphatic heterocycles. The minimum absolute atomic E-state index is 0. The number of hydrogen-bond acceptors (Lipinski definition) is 1. The molecular weight excluding hydrogens is 179 g/mol. The maximum atomic E-state index is 10.4. The van der Waals surface area contributed by atoms with Gasteiger partial charge in [-0.05, 0) is 18.2 Å². The number of halogens is 1. The topological polar surface area (TPSA) is 37.3 Å². The molecule has 5 heteroatoms. The number of benzene rings is 1. The van der Waals surface area contributed by atoms with Crippen LogP contribution in [-0.4, -0.2) is 8.76 Å². The summed E-state index contributed by atoms with van der Waals surface area (Å²) in [5, 5.41) is 0.472. The summed E-state index contributed by atoms with van der Waals surface area (Å²) in [4.78, 5) is 0.326. The van der Waals surface area contributed by atoms with Gasteiger partial charge in [-0.25, -0.2) is 4.21 Å². The Bertz CT molecular complexity index is 271. The van der Waals surface area contributed by atoms with Crippen LogP contribution in [0.1, 0.15) is 1.43 Å². The van der Waals surface area contributed by atoms with Crippen molar-refractivity contribution in [3.63, 3.8) is 0 Å². The van der Waals surface area contributed by atoms with Crippen LogP contribution in [0.3, 0.4) is 0 Å². The second-order valence-corrected chi connectivity index (χ2v) is 3.11. The van der Waals surface area contributed by atoms with Crippen LogP contribution in [0.15, 0.2) is 29.2 Å². The fraction of sp³-hybridized carbons (Fsp3) is 0. The predicted molar refractivity (Wildman–Crippen MR) is 41.6 cm³/mol. The van der Waals surface area contributed by atoms with Gasteiger partial charge in [0.1, 0.15) is 0 Å². The standard InChI is InChI=1S/C6H5ClO2S.Li.H/c7-5-2-1-3-6(4-5)10(8)9;;/h1-4H,(H,8,9);;/q;+1;-1. The Labute approximate surface area is 85.9 Å². The van der Waals surface area contributed by atoms with Crippen molar-refractivity contribution >= 4 is 22.7 Å². The number of hydrogen-bond donors (Lipinski definition) is 1. The Morgan fingerprint density at radius 1 is 1.55 bits per heavy atom. The predicted octanol–water partition coefficient (Wildman–Crippen LogP) is -0.963. The van der Waals surface area contributed by atoms with Crippen molar-refractivity contribution in [3.05, 3.63) is 29.3 Å². The maximum absolute atomic E-state index is 10.4. The van der Waals surface area contributed by atoms with E-state index in [1.54, 1.807) is 18.2 Å². The third kappa shape index (κ3) is 3.41. The molecule has 0 aliphatic rings. The van der Waals surface area contributed by atoms with Crippen LogP contribution in [0.5, 0.6) is 0 Å². The first kappa shape index (κ1) is 11.2. The van der Waals surface area contributed by atoms with Crippen molar-refractivity contribution in [1.29, 1.82) is 0 Å². The fourth-order valence-electron chi connectivity index (χ4n) is 0.576. The monoisotopic (exact) mass is 184 g/mol. The van der Waals surface area contributed by atoms with Gasteiger partial charge in [-0.15, -0.1) is 0 Å². The zero-order valence-electron chi connectivity index (χ0n) is 6.95. The van der Waals surface area contributed by atoms with Crippen molar-refractivity contribution in [3.8, 4) is 0 Å². The molecule has 0 saturated heterocycles. The molecule has 1 atom stereocenters. The van der Waals surface area contributed by atoms with Crippen molar-refractivity contribution in [2.45, 2.75) is 4.90 Å². The van der Waals surface area contributed by atoms with Gasteiger partial charge in [0.25, 0.3) is 0 Å². The molecule has 0 amide bonds. The summed E-state index contributed by atoms with van der Waals surface area (Å²) in [6, 6.07) is 6.28.